The van der Waals surface area contributed by atoms with E-state index in [0.29, 0.717) is 25.1 Å². The highest BCUT2D eigenvalue weighted by Gasteiger charge is 2.49. The summed E-state index contributed by atoms with van der Waals surface area (Å²) in [7, 11) is 0. The Morgan fingerprint density at radius 3 is 2.55 bits per heavy atom. The number of pyridine rings is 2. The number of rotatable bonds is 5. The number of carbonyl (C=O) groups excluding carboxylic acids is 1. The zero-order chi connectivity index (χ0) is 22.8. The fraction of sp³-hybridized carbons (Fsp3) is 0.450. The Bertz CT molecular complexity index is 1070. The van der Waals surface area contributed by atoms with Gasteiger partial charge in [0.1, 0.15) is 34.8 Å². The number of primary amides is 1. The number of fused-ring (bicyclic) bond motifs is 1. The fourth-order valence-electron chi connectivity index (χ4n) is 3.81. The van der Waals surface area contributed by atoms with Crippen molar-refractivity contribution in [1.29, 1.82) is 0 Å². The second-order valence-electron chi connectivity index (χ2n) is 8.17. The summed E-state index contributed by atoms with van der Waals surface area (Å²) in [4.78, 5) is 19.5. The highest BCUT2D eigenvalue weighted by atomic mass is 19.4. The Balaban J connectivity index is 2.01. The third-order valence-electron chi connectivity index (χ3n) is 6.02. The van der Waals surface area contributed by atoms with Crippen LogP contribution in [0.3, 0.4) is 0 Å². The zero-order valence-electron chi connectivity index (χ0n) is 16.5. The molecule has 1 aliphatic carbocycles. The van der Waals surface area contributed by atoms with E-state index in [1.54, 1.807) is 0 Å². The Morgan fingerprint density at radius 2 is 2.00 bits per heavy atom. The van der Waals surface area contributed by atoms with Crippen LogP contribution in [0.4, 0.5) is 17.6 Å². The summed E-state index contributed by atoms with van der Waals surface area (Å²) in [6, 6.07) is 1.94. The third-order valence-corrected chi connectivity index (χ3v) is 6.02. The molecule has 11 heteroatoms. The van der Waals surface area contributed by atoms with Gasteiger partial charge in [0, 0.05) is 17.7 Å². The number of nitrogens with zero attached hydrogens (tertiary/aromatic N) is 2. The van der Waals surface area contributed by atoms with E-state index >= 15 is 0 Å². The molecule has 1 fully saturated rings. The molecule has 2 aromatic rings. The molecule has 2 atom stereocenters. The van der Waals surface area contributed by atoms with Gasteiger partial charge in [-0.15, -0.1) is 0 Å². The summed E-state index contributed by atoms with van der Waals surface area (Å²) >= 11 is 0. The highest BCUT2D eigenvalue weighted by Crippen LogP contribution is 2.50. The molecule has 1 aliphatic heterocycles. The molecule has 0 radical (unpaired) electrons. The van der Waals surface area contributed by atoms with Crippen LogP contribution in [0.25, 0.3) is 11.3 Å². The number of alkyl halides is 3. The largest absolute Gasteiger partial charge is 0.489 e. The van der Waals surface area contributed by atoms with E-state index in [0.717, 1.165) is 0 Å². The maximum atomic E-state index is 14.6. The van der Waals surface area contributed by atoms with Gasteiger partial charge in [-0.1, -0.05) is 0 Å². The van der Waals surface area contributed by atoms with Crippen LogP contribution in [0.5, 0.6) is 5.75 Å². The van der Waals surface area contributed by atoms with Gasteiger partial charge in [-0.2, -0.15) is 13.2 Å². The molecule has 7 nitrogen and oxygen atoms in total. The van der Waals surface area contributed by atoms with Crippen molar-refractivity contribution in [3.8, 4) is 17.0 Å². The predicted molar refractivity (Wildman–Crippen MR) is 100 cm³/mol. The molecule has 0 aromatic carbocycles. The maximum Gasteiger partial charge on any atom is 0.433 e. The number of amides is 1. The van der Waals surface area contributed by atoms with Gasteiger partial charge in [0.2, 0.25) is 5.91 Å². The van der Waals surface area contributed by atoms with E-state index in [2.05, 4.69) is 9.97 Å². The van der Waals surface area contributed by atoms with E-state index in [9.17, 15) is 27.5 Å². The molecule has 0 bridgehead atoms. The molecule has 166 valence electrons. The normalized spacial score (nSPS) is 22.5. The van der Waals surface area contributed by atoms with Gasteiger partial charge >= 0.3 is 6.18 Å². The average Bonchev–Trinajstić information content (AvgIpc) is 3.51. The first-order valence-corrected chi connectivity index (χ1v) is 9.56. The molecule has 3 heterocycles. The van der Waals surface area contributed by atoms with E-state index < -0.39 is 40.2 Å². The smallest absolute Gasteiger partial charge is 0.433 e. The monoisotopic (exact) mass is 440 g/mol. The molecular formula is C20H20F4N4O3. The van der Waals surface area contributed by atoms with Crippen molar-refractivity contribution < 1.29 is 32.2 Å². The van der Waals surface area contributed by atoms with Crippen molar-refractivity contribution >= 4 is 5.91 Å². The van der Waals surface area contributed by atoms with Crippen LogP contribution in [0, 0.1) is 11.7 Å². The van der Waals surface area contributed by atoms with Crippen molar-refractivity contribution in [2.24, 2.45) is 17.4 Å². The van der Waals surface area contributed by atoms with Crippen molar-refractivity contribution in [2.45, 2.75) is 37.0 Å². The van der Waals surface area contributed by atoms with Crippen molar-refractivity contribution in [2.75, 3.05) is 13.2 Å². The number of ether oxygens (including phenoxy) is 1. The lowest BCUT2D eigenvalue weighted by molar-refractivity contribution is -0.141. The minimum atomic E-state index is -4.82. The summed E-state index contributed by atoms with van der Waals surface area (Å²) < 4.78 is 59.8. The average molecular weight is 440 g/mol. The molecule has 1 amide bonds. The first kappa shape index (κ1) is 21.4. The van der Waals surface area contributed by atoms with Crippen LogP contribution in [0.1, 0.15) is 36.7 Å². The molecule has 4 rings (SSSR count). The lowest BCUT2D eigenvalue weighted by Crippen LogP contribution is -2.41. The molecule has 2 aromatic heterocycles. The third kappa shape index (κ3) is 3.32. The van der Waals surface area contributed by atoms with E-state index in [1.807, 2.05) is 0 Å². The number of nitrogens with two attached hydrogens (primary N) is 2. The summed E-state index contributed by atoms with van der Waals surface area (Å²) in [5.41, 5.74) is 6.51. The number of hydrogen-bond donors (Lipinski definition) is 3. The molecule has 0 spiro atoms. The Hall–Kier alpha value is -2.79. The first-order chi connectivity index (χ1) is 14.4. The van der Waals surface area contributed by atoms with Gasteiger partial charge in [0.05, 0.1) is 11.9 Å². The second-order valence-corrected chi connectivity index (χ2v) is 8.17. The van der Waals surface area contributed by atoms with E-state index in [4.69, 9.17) is 16.2 Å². The number of hydrogen-bond acceptors (Lipinski definition) is 6. The topological polar surface area (TPSA) is 124 Å². The van der Waals surface area contributed by atoms with Crippen LogP contribution in [-0.4, -0.2) is 34.1 Å². The van der Waals surface area contributed by atoms with Crippen LogP contribution in [0.15, 0.2) is 18.3 Å². The molecular weight excluding hydrogens is 420 g/mol. The molecule has 31 heavy (non-hydrogen) atoms. The van der Waals surface area contributed by atoms with Crippen LogP contribution in [0.2, 0.25) is 0 Å². The maximum absolute atomic E-state index is 14.6. The van der Waals surface area contributed by atoms with Crippen molar-refractivity contribution in [3.05, 3.63) is 41.1 Å². The zero-order valence-corrected chi connectivity index (χ0v) is 16.5. The number of aliphatic hydroxyl groups is 1. The van der Waals surface area contributed by atoms with Crippen molar-refractivity contribution in [3.63, 3.8) is 0 Å². The summed E-state index contributed by atoms with van der Waals surface area (Å²) in [5, 5.41) is 11.2. The molecule has 0 saturated heterocycles. The van der Waals surface area contributed by atoms with E-state index in [-0.39, 0.29) is 41.8 Å². The Labute approximate surface area is 174 Å². The van der Waals surface area contributed by atoms with Crippen LogP contribution < -0.4 is 16.2 Å². The number of carbonyl (C=O) groups is 1. The minimum absolute atomic E-state index is 0.0222. The molecule has 2 aliphatic rings. The Morgan fingerprint density at radius 1 is 1.32 bits per heavy atom. The lowest BCUT2D eigenvalue weighted by Gasteiger charge is -2.28. The SMILES string of the molecule is C[C@]1(C(N)=O)COc2c1cc([C@@](O)(CN)C1CC1)nc2-c1cc(C(F)(F)F)ncc1F. The lowest BCUT2D eigenvalue weighted by atomic mass is 9.81. The van der Waals surface area contributed by atoms with Gasteiger partial charge in [0.15, 0.2) is 5.82 Å². The van der Waals surface area contributed by atoms with Gasteiger partial charge in [-0.25, -0.2) is 14.4 Å². The summed E-state index contributed by atoms with van der Waals surface area (Å²) in [5.74, 6) is -2.10. The molecule has 1 saturated carbocycles. The summed E-state index contributed by atoms with van der Waals surface area (Å²) in [6.45, 7) is 1.07. The predicted octanol–water partition coefficient (Wildman–Crippen LogP) is 1.99. The second kappa shape index (κ2) is 6.86. The van der Waals surface area contributed by atoms with Gasteiger partial charge in [0.25, 0.3) is 0 Å². The van der Waals surface area contributed by atoms with Crippen LogP contribution >= 0.6 is 0 Å². The number of halogens is 4. The highest BCUT2D eigenvalue weighted by molar-refractivity contribution is 5.90. The van der Waals surface area contributed by atoms with Gasteiger partial charge in [-0.05, 0) is 37.8 Å². The van der Waals surface area contributed by atoms with E-state index in [1.165, 1.54) is 13.0 Å². The molecule has 5 N–H and O–H groups in total. The Kier molecular flexibility index (Phi) is 4.74. The standard InChI is InChI=1S/C20H20F4N4O3/c1-18(17(26)29)8-31-16-11(18)5-13(19(30,7-25)9-2-3-9)28-15(16)10-4-14(20(22,23)24)27-6-12(10)21/h4-6,9,30H,2-3,7-8,25H2,1H3,(H2,26,29)/t18-,19+/m0/s1. The number of aromatic nitrogens is 2. The fourth-order valence-corrected chi connectivity index (χ4v) is 3.81. The van der Waals surface area contributed by atoms with Crippen molar-refractivity contribution in [1.82, 2.24) is 9.97 Å². The summed E-state index contributed by atoms with van der Waals surface area (Å²) in [6.07, 6.45) is -3.03. The first-order valence-electron chi connectivity index (χ1n) is 9.56. The quantitative estimate of drug-likeness (QED) is 0.611. The van der Waals surface area contributed by atoms with Crippen LogP contribution in [-0.2, 0) is 22.0 Å². The van der Waals surface area contributed by atoms with Gasteiger partial charge in [-0.3, -0.25) is 4.79 Å². The molecule has 0 unspecified atom stereocenters. The minimum Gasteiger partial charge on any atom is -0.489 e. The van der Waals surface area contributed by atoms with Gasteiger partial charge < -0.3 is 21.3 Å².